The SMILES string of the molecule is CCS(=O)(=O)C12OC(C(F)(F)F)([C@@H]3C4C=CC(C4)[C@@H]31)[C@H]1C3C=CC(C3)[C@H]12. The molecule has 6 aliphatic rings. The summed E-state index contributed by atoms with van der Waals surface area (Å²) in [5, 5.41) is 0. The molecule has 2 saturated heterocycles. The Balaban J connectivity index is 1.68. The molecule has 4 fully saturated rings. The summed E-state index contributed by atoms with van der Waals surface area (Å²) in [5.41, 5.74) is -2.31. The molecule has 6 unspecified atom stereocenters. The topological polar surface area (TPSA) is 43.4 Å². The smallest absolute Gasteiger partial charge is 0.342 e. The highest BCUT2D eigenvalue weighted by atomic mass is 32.2. The van der Waals surface area contributed by atoms with Crippen molar-refractivity contribution >= 4 is 9.84 Å². The lowest BCUT2D eigenvalue weighted by atomic mass is 9.56. The first-order chi connectivity index (χ1) is 12.2. The third-order valence-corrected chi connectivity index (χ3v) is 10.8. The molecular weight excluding hydrogens is 365 g/mol. The van der Waals surface area contributed by atoms with Gasteiger partial charge in [0.05, 0.1) is 5.75 Å². The summed E-state index contributed by atoms with van der Waals surface area (Å²) < 4.78 is 76.7. The number of fused-ring (bicyclic) bond motifs is 16. The molecule has 0 spiro atoms. The van der Waals surface area contributed by atoms with Gasteiger partial charge in [-0.2, -0.15) is 13.2 Å². The number of halogens is 3. The fourth-order valence-corrected chi connectivity index (χ4v) is 10.2. The van der Waals surface area contributed by atoms with Crippen molar-refractivity contribution in [3.05, 3.63) is 24.3 Å². The second-order valence-electron chi connectivity index (χ2n) is 9.02. The second kappa shape index (κ2) is 4.27. The Hall–Kier alpha value is -0.820. The molecule has 0 radical (unpaired) electrons. The molecule has 6 bridgehead atoms. The fourth-order valence-electron chi connectivity index (χ4n) is 8.03. The van der Waals surface area contributed by atoms with Gasteiger partial charge in [0, 0.05) is 23.7 Å². The molecule has 142 valence electrons. The predicted molar refractivity (Wildman–Crippen MR) is 87.5 cm³/mol. The summed E-state index contributed by atoms with van der Waals surface area (Å²) in [5.74, 6) is -3.46. The maximum absolute atomic E-state index is 14.7. The minimum absolute atomic E-state index is 0.111. The molecule has 2 heterocycles. The van der Waals surface area contributed by atoms with Crippen LogP contribution >= 0.6 is 0 Å². The average Bonchev–Trinajstić information content (AvgIpc) is 3.39. The molecule has 2 saturated carbocycles. The van der Waals surface area contributed by atoms with E-state index in [0.29, 0.717) is 12.8 Å². The lowest BCUT2D eigenvalue weighted by Gasteiger charge is -2.49. The monoisotopic (exact) mass is 386 g/mol. The second-order valence-corrected chi connectivity index (χ2v) is 11.5. The van der Waals surface area contributed by atoms with Crippen LogP contribution in [0.25, 0.3) is 0 Å². The van der Waals surface area contributed by atoms with Crippen LogP contribution in [0.2, 0.25) is 0 Å². The molecule has 7 heteroatoms. The van der Waals surface area contributed by atoms with E-state index in [2.05, 4.69) is 0 Å². The van der Waals surface area contributed by atoms with Gasteiger partial charge in [-0.1, -0.05) is 31.2 Å². The number of rotatable bonds is 2. The molecule has 10 atom stereocenters. The summed E-state index contributed by atoms with van der Waals surface area (Å²) in [6, 6.07) is 0. The fraction of sp³-hybridized carbons (Fsp3) is 0.789. The van der Waals surface area contributed by atoms with Crippen molar-refractivity contribution in [2.45, 2.75) is 36.5 Å². The molecular formula is C19H21F3O3S. The van der Waals surface area contributed by atoms with Crippen LogP contribution in [0.4, 0.5) is 13.2 Å². The van der Waals surface area contributed by atoms with Crippen molar-refractivity contribution in [2.24, 2.45) is 47.3 Å². The first-order valence-corrected chi connectivity index (χ1v) is 11.2. The van der Waals surface area contributed by atoms with Gasteiger partial charge in [0.25, 0.3) is 0 Å². The quantitative estimate of drug-likeness (QED) is 0.684. The van der Waals surface area contributed by atoms with Crippen molar-refractivity contribution in [2.75, 3.05) is 5.75 Å². The summed E-state index contributed by atoms with van der Waals surface area (Å²) in [6.45, 7) is 1.54. The van der Waals surface area contributed by atoms with Crippen molar-refractivity contribution in [3.63, 3.8) is 0 Å². The number of allylic oxidation sites excluding steroid dienone is 4. The van der Waals surface area contributed by atoms with Crippen LogP contribution in [-0.4, -0.2) is 30.9 Å². The van der Waals surface area contributed by atoms with Crippen LogP contribution in [0.15, 0.2) is 24.3 Å². The van der Waals surface area contributed by atoms with Crippen LogP contribution < -0.4 is 0 Å². The minimum atomic E-state index is -4.56. The molecule has 4 aliphatic carbocycles. The van der Waals surface area contributed by atoms with Crippen molar-refractivity contribution < 1.29 is 26.3 Å². The van der Waals surface area contributed by atoms with Gasteiger partial charge in [-0.25, -0.2) is 8.42 Å². The molecule has 6 rings (SSSR count). The number of hydrogen-bond donors (Lipinski definition) is 0. The normalized spacial score (nSPS) is 58.0. The first-order valence-electron chi connectivity index (χ1n) is 9.55. The Kier molecular flexibility index (Phi) is 2.65. The van der Waals surface area contributed by atoms with Crippen molar-refractivity contribution in [3.8, 4) is 0 Å². The van der Waals surface area contributed by atoms with E-state index in [1.807, 2.05) is 24.3 Å². The van der Waals surface area contributed by atoms with Gasteiger partial charge in [-0.3, -0.25) is 0 Å². The molecule has 0 aromatic carbocycles. The highest BCUT2D eigenvalue weighted by molar-refractivity contribution is 7.92. The van der Waals surface area contributed by atoms with E-state index in [9.17, 15) is 21.6 Å². The van der Waals surface area contributed by atoms with Crippen molar-refractivity contribution in [1.82, 2.24) is 0 Å². The summed E-state index contributed by atoms with van der Waals surface area (Å²) >= 11 is 0. The van der Waals surface area contributed by atoms with Gasteiger partial charge < -0.3 is 4.74 Å². The standard InChI is InChI=1S/C19H21F3O3S/c1-2-26(23,24)18-15-11-5-3-9(7-11)13(15)17(25-18,19(20,21)22)14-10-4-6-12(8-10)16(14)18/h3-6,9-16H,2,7-8H2,1H3/t9?,10?,11?,12?,13-,14+,15+,16-,17?,18?. The highest BCUT2D eigenvalue weighted by Gasteiger charge is 2.91. The zero-order chi connectivity index (χ0) is 18.3. The van der Waals surface area contributed by atoms with E-state index in [-0.39, 0.29) is 29.4 Å². The maximum Gasteiger partial charge on any atom is 0.418 e. The summed E-state index contributed by atoms with van der Waals surface area (Å²) in [4.78, 5) is -1.67. The number of alkyl halides is 3. The number of sulfone groups is 1. The van der Waals surface area contributed by atoms with E-state index in [0.717, 1.165) is 0 Å². The Morgan fingerprint density at radius 3 is 1.73 bits per heavy atom. The van der Waals surface area contributed by atoms with E-state index in [4.69, 9.17) is 4.74 Å². The molecule has 26 heavy (non-hydrogen) atoms. The third-order valence-electron chi connectivity index (χ3n) is 8.48. The average molecular weight is 386 g/mol. The zero-order valence-corrected chi connectivity index (χ0v) is 15.1. The Labute approximate surface area is 150 Å². The van der Waals surface area contributed by atoms with E-state index in [1.165, 1.54) is 6.92 Å². The number of ether oxygens (including phenoxy) is 1. The molecule has 0 aromatic heterocycles. The van der Waals surface area contributed by atoms with Gasteiger partial charge in [0.2, 0.25) is 0 Å². The lowest BCUT2D eigenvalue weighted by molar-refractivity contribution is -0.289. The van der Waals surface area contributed by atoms with E-state index >= 15 is 0 Å². The molecule has 2 aliphatic heterocycles. The van der Waals surface area contributed by atoms with Gasteiger partial charge in [-0.05, 0) is 36.5 Å². The Morgan fingerprint density at radius 1 is 0.923 bits per heavy atom. The zero-order valence-electron chi connectivity index (χ0n) is 14.3. The van der Waals surface area contributed by atoms with E-state index in [1.54, 1.807) is 0 Å². The van der Waals surface area contributed by atoms with Crippen LogP contribution in [-0.2, 0) is 14.6 Å². The van der Waals surface area contributed by atoms with Gasteiger partial charge in [0.15, 0.2) is 20.4 Å². The Morgan fingerprint density at radius 2 is 1.35 bits per heavy atom. The molecule has 3 nitrogen and oxygen atoms in total. The third kappa shape index (κ3) is 1.34. The lowest BCUT2D eigenvalue weighted by Crippen LogP contribution is -2.61. The highest BCUT2D eigenvalue weighted by Crippen LogP contribution is 2.81. The maximum atomic E-state index is 14.7. The van der Waals surface area contributed by atoms with Crippen LogP contribution in [0, 0.1) is 47.3 Å². The minimum Gasteiger partial charge on any atom is -0.342 e. The number of hydrogen-bond acceptors (Lipinski definition) is 3. The van der Waals surface area contributed by atoms with Crippen LogP contribution in [0.1, 0.15) is 19.8 Å². The van der Waals surface area contributed by atoms with Gasteiger partial charge >= 0.3 is 6.18 Å². The first kappa shape index (κ1) is 16.2. The van der Waals surface area contributed by atoms with Gasteiger partial charge in [-0.15, -0.1) is 0 Å². The summed E-state index contributed by atoms with van der Waals surface area (Å²) in [7, 11) is -3.81. The van der Waals surface area contributed by atoms with Crippen LogP contribution in [0.3, 0.4) is 0 Å². The largest absolute Gasteiger partial charge is 0.418 e. The van der Waals surface area contributed by atoms with E-state index < -0.39 is 50.2 Å². The van der Waals surface area contributed by atoms with Crippen molar-refractivity contribution in [1.29, 1.82) is 0 Å². The molecule has 0 N–H and O–H groups in total. The predicted octanol–water partition coefficient (Wildman–Crippen LogP) is 3.34. The summed E-state index contributed by atoms with van der Waals surface area (Å²) in [6.07, 6.45) is 4.38. The van der Waals surface area contributed by atoms with Crippen LogP contribution in [0.5, 0.6) is 0 Å². The molecule has 0 amide bonds. The Bertz CT molecular complexity index is 818. The van der Waals surface area contributed by atoms with Gasteiger partial charge in [0.1, 0.15) is 0 Å². The molecule has 0 aromatic rings.